The maximum absolute atomic E-state index is 13.0. The molecule has 0 radical (unpaired) electrons. The normalized spacial score (nSPS) is 10.0. The fraction of sp³-hybridized carbons (Fsp3) is 0.333. The molecule has 1 rings (SSSR count). The Morgan fingerprint density at radius 2 is 1.78 bits per heavy atom. The molecule has 0 heterocycles. The molecule has 0 unspecified atom stereocenters. The van der Waals surface area contributed by atoms with Gasteiger partial charge in [0, 0.05) is 18.2 Å². The first-order valence-electron chi connectivity index (χ1n) is 5.30. The zero-order chi connectivity index (χ0) is 13.7. The minimum absolute atomic E-state index is 0.141. The zero-order valence-electron chi connectivity index (χ0n) is 10.1. The third-order valence-electron chi connectivity index (χ3n) is 2.33. The van der Waals surface area contributed by atoms with Crippen molar-refractivity contribution >= 4 is 11.9 Å². The third-order valence-corrected chi connectivity index (χ3v) is 2.33. The van der Waals surface area contributed by atoms with Gasteiger partial charge < -0.3 is 9.64 Å². The molecule has 0 aliphatic carbocycles. The second-order valence-electron chi connectivity index (χ2n) is 3.55. The fourth-order valence-corrected chi connectivity index (χ4v) is 1.41. The molecule has 0 saturated heterocycles. The number of carbonyl (C=O) groups is 2. The van der Waals surface area contributed by atoms with Gasteiger partial charge in [0.25, 0.3) is 5.91 Å². The summed E-state index contributed by atoms with van der Waals surface area (Å²) in [4.78, 5) is 24.1. The molecular weight excluding hydrogens is 244 g/mol. The van der Waals surface area contributed by atoms with E-state index in [0.717, 1.165) is 17.0 Å². The van der Waals surface area contributed by atoms with Crippen LogP contribution in [0.3, 0.4) is 0 Å². The Morgan fingerprint density at radius 1 is 1.22 bits per heavy atom. The Morgan fingerprint density at radius 3 is 2.22 bits per heavy atom. The number of carbonyl (C=O) groups excluding carboxylic acids is 2. The molecule has 1 amide bonds. The van der Waals surface area contributed by atoms with E-state index in [1.807, 2.05) is 0 Å². The van der Waals surface area contributed by atoms with Gasteiger partial charge in [0.05, 0.1) is 7.11 Å². The number of amides is 1. The van der Waals surface area contributed by atoms with Gasteiger partial charge in [0.2, 0.25) is 0 Å². The minimum atomic E-state index is -0.840. The van der Waals surface area contributed by atoms with Gasteiger partial charge in [-0.1, -0.05) is 0 Å². The third kappa shape index (κ3) is 3.51. The Bertz CT molecular complexity index is 442. The second kappa shape index (κ2) is 6.09. The topological polar surface area (TPSA) is 46.6 Å². The van der Waals surface area contributed by atoms with Gasteiger partial charge in [0.15, 0.2) is 0 Å². The molecule has 0 N–H and O–H groups in total. The van der Waals surface area contributed by atoms with Crippen LogP contribution in [0, 0.1) is 11.6 Å². The van der Waals surface area contributed by atoms with Crippen molar-refractivity contribution in [1.29, 1.82) is 0 Å². The van der Waals surface area contributed by atoms with Crippen LogP contribution in [0.5, 0.6) is 0 Å². The number of esters is 1. The minimum Gasteiger partial charge on any atom is -0.468 e. The van der Waals surface area contributed by atoms with Crippen LogP contribution in [0.4, 0.5) is 8.78 Å². The predicted octanol–water partition coefficient (Wildman–Crippen LogP) is 1.60. The van der Waals surface area contributed by atoms with Gasteiger partial charge in [-0.25, -0.2) is 8.78 Å². The van der Waals surface area contributed by atoms with E-state index in [1.165, 1.54) is 7.11 Å². The molecular formula is C12H13F2NO3. The summed E-state index contributed by atoms with van der Waals surface area (Å²) in [6, 6.07) is 2.52. The van der Waals surface area contributed by atoms with Gasteiger partial charge in [-0.2, -0.15) is 0 Å². The van der Waals surface area contributed by atoms with Crippen LogP contribution in [-0.4, -0.2) is 37.0 Å². The number of halogens is 2. The summed E-state index contributed by atoms with van der Waals surface area (Å²) in [7, 11) is 1.20. The smallest absolute Gasteiger partial charge is 0.325 e. The van der Waals surface area contributed by atoms with Gasteiger partial charge in [0.1, 0.15) is 18.2 Å². The largest absolute Gasteiger partial charge is 0.468 e. The standard InChI is InChI=1S/C12H13F2NO3/c1-3-15(7-11(16)18-2)12(17)8-4-9(13)6-10(14)5-8/h4-6H,3,7H2,1-2H3. The zero-order valence-corrected chi connectivity index (χ0v) is 10.1. The summed E-state index contributed by atoms with van der Waals surface area (Å²) in [5.74, 6) is -2.90. The fourth-order valence-electron chi connectivity index (χ4n) is 1.41. The first kappa shape index (κ1) is 14.1. The number of likely N-dealkylation sites (N-methyl/N-ethyl adjacent to an activating group) is 1. The molecule has 0 saturated carbocycles. The maximum atomic E-state index is 13.0. The van der Waals surface area contributed by atoms with Crippen LogP contribution in [-0.2, 0) is 9.53 Å². The SMILES string of the molecule is CCN(CC(=O)OC)C(=O)c1cc(F)cc(F)c1. The van der Waals surface area contributed by atoms with Crippen molar-refractivity contribution in [2.75, 3.05) is 20.2 Å². The monoisotopic (exact) mass is 257 g/mol. The molecule has 0 bridgehead atoms. The molecule has 0 fully saturated rings. The van der Waals surface area contributed by atoms with Crippen molar-refractivity contribution in [2.45, 2.75) is 6.92 Å². The van der Waals surface area contributed by atoms with E-state index in [2.05, 4.69) is 4.74 Å². The highest BCUT2D eigenvalue weighted by Gasteiger charge is 2.18. The first-order valence-corrected chi connectivity index (χ1v) is 5.30. The van der Waals surface area contributed by atoms with Crippen molar-refractivity contribution in [3.8, 4) is 0 Å². The van der Waals surface area contributed by atoms with Crippen LogP contribution < -0.4 is 0 Å². The lowest BCUT2D eigenvalue weighted by Gasteiger charge is -2.19. The number of hydrogen-bond donors (Lipinski definition) is 0. The summed E-state index contributed by atoms with van der Waals surface area (Å²) in [5.41, 5.74) is -0.141. The average Bonchev–Trinajstić information content (AvgIpc) is 2.33. The molecule has 1 aromatic carbocycles. The molecule has 0 atom stereocenters. The average molecular weight is 257 g/mol. The quantitative estimate of drug-likeness (QED) is 0.770. The maximum Gasteiger partial charge on any atom is 0.325 e. The van der Waals surface area contributed by atoms with E-state index in [0.29, 0.717) is 6.07 Å². The number of benzene rings is 1. The van der Waals surface area contributed by atoms with Gasteiger partial charge in [-0.3, -0.25) is 9.59 Å². The van der Waals surface area contributed by atoms with Crippen LogP contribution >= 0.6 is 0 Å². The highest BCUT2D eigenvalue weighted by Crippen LogP contribution is 2.10. The van der Waals surface area contributed by atoms with E-state index < -0.39 is 23.5 Å². The first-order chi connectivity index (χ1) is 8.47. The Balaban J connectivity index is 2.92. The molecule has 0 spiro atoms. The van der Waals surface area contributed by atoms with Crippen LogP contribution in [0.1, 0.15) is 17.3 Å². The number of hydrogen-bond acceptors (Lipinski definition) is 3. The summed E-state index contributed by atoms with van der Waals surface area (Å²) in [6.07, 6.45) is 0. The Hall–Kier alpha value is -1.98. The predicted molar refractivity (Wildman–Crippen MR) is 60.0 cm³/mol. The lowest BCUT2D eigenvalue weighted by atomic mass is 10.2. The molecule has 0 aliphatic rings. The van der Waals surface area contributed by atoms with Crippen LogP contribution in [0.2, 0.25) is 0 Å². The molecule has 4 nitrogen and oxygen atoms in total. The van der Waals surface area contributed by atoms with Gasteiger partial charge >= 0.3 is 5.97 Å². The van der Waals surface area contributed by atoms with Crippen LogP contribution in [0.15, 0.2) is 18.2 Å². The summed E-state index contributed by atoms with van der Waals surface area (Å²) in [6.45, 7) is 1.62. The van der Waals surface area contributed by atoms with Crippen molar-refractivity contribution in [3.05, 3.63) is 35.4 Å². The van der Waals surface area contributed by atoms with Crippen molar-refractivity contribution < 1.29 is 23.1 Å². The number of nitrogens with zero attached hydrogens (tertiary/aromatic N) is 1. The Labute approximate surface area is 103 Å². The Kier molecular flexibility index (Phi) is 4.76. The molecule has 1 aromatic rings. The number of ether oxygens (including phenoxy) is 1. The summed E-state index contributed by atoms with van der Waals surface area (Å²) < 4.78 is 30.4. The van der Waals surface area contributed by atoms with E-state index >= 15 is 0 Å². The lowest BCUT2D eigenvalue weighted by molar-refractivity contribution is -0.141. The number of rotatable bonds is 4. The lowest BCUT2D eigenvalue weighted by Crippen LogP contribution is -2.36. The van der Waals surface area contributed by atoms with E-state index in [4.69, 9.17) is 0 Å². The summed E-state index contributed by atoms with van der Waals surface area (Å²) >= 11 is 0. The van der Waals surface area contributed by atoms with E-state index in [9.17, 15) is 18.4 Å². The summed E-state index contributed by atoms with van der Waals surface area (Å²) in [5, 5.41) is 0. The molecule has 98 valence electrons. The molecule has 0 aliphatic heterocycles. The highest BCUT2D eigenvalue weighted by molar-refractivity contribution is 5.96. The van der Waals surface area contributed by atoms with Gasteiger partial charge in [-0.15, -0.1) is 0 Å². The van der Waals surface area contributed by atoms with Crippen molar-refractivity contribution in [1.82, 2.24) is 4.90 Å². The second-order valence-corrected chi connectivity index (χ2v) is 3.55. The van der Waals surface area contributed by atoms with Crippen LogP contribution in [0.25, 0.3) is 0 Å². The van der Waals surface area contributed by atoms with E-state index in [1.54, 1.807) is 6.92 Å². The molecule has 6 heteroatoms. The number of methoxy groups -OCH3 is 1. The molecule has 18 heavy (non-hydrogen) atoms. The van der Waals surface area contributed by atoms with Crippen molar-refractivity contribution in [2.24, 2.45) is 0 Å². The molecule has 0 aromatic heterocycles. The van der Waals surface area contributed by atoms with E-state index in [-0.39, 0.29) is 18.7 Å². The highest BCUT2D eigenvalue weighted by atomic mass is 19.1. The van der Waals surface area contributed by atoms with Crippen molar-refractivity contribution in [3.63, 3.8) is 0 Å². The van der Waals surface area contributed by atoms with Gasteiger partial charge in [-0.05, 0) is 19.1 Å².